The Morgan fingerprint density at radius 2 is 1.90 bits per heavy atom. The third-order valence-electron chi connectivity index (χ3n) is 5.99. The zero-order valence-electron chi connectivity index (χ0n) is 17.1. The third-order valence-corrected chi connectivity index (χ3v) is 5.99. The quantitative estimate of drug-likeness (QED) is 0.425. The lowest BCUT2D eigenvalue weighted by Crippen LogP contribution is -2.30. The number of aromatic nitrogens is 1. The Morgan fingerprint density at radius 3 is 2.77 bits per heavy atom. The average Bonchev–Trinajstić information content (AvgIpc) is 3.16. The molecule has 1 aliphatic heterocycles. The summed E-state index contributed by atoms with van der Waals surface area (Å²) in [5, 5.41) is 4.94. The number of nitrogens with zero attached hydrogens (tertiary/aromatic N) is 2. The summed E-state index contributed by atoms with van der Waals surface area (Å²) in [7, 11) is 0. The van der Waals surface area contributed by atoms with Crippen molar-refractivity contribution >= 4 is 11.0 Å². The van der Waals surface area contributed by atoms with Gasteiger partial charge in [0.25, 0.3) is 0 Å². The molecule has 0 spiro atoms. The monoisotopic (exact) mass is 418 g/mol. The minimum Gasteiger partial charge on any atom is -0.464 e. The number of halogens is 1. The van der Waals surface area contributed by atoms with Gasteiger partial charge in [-0.15, -0.1) is 0 Å². The maximum atomic E-state index is 13.2. The van der Waals surface area contributed by atoms with Crippen molar-refractivity contribution in [1.82, 2.24) is 10.1 Å². The SMILES string of the molecule is O=c1c(CN2CCCCC[C@H]2c2cc(-c3ccc(F)cc3)on2)coc2ccccc12. The van der Waals surface area contributed by atoms with Crippen LogP contribution in [0, 0.1) is 5.82 Å². The molecule has 0 amide bonds. The number of para-hydroxylation sites is 1. The molecule has 3 heterocycles. The highest BCUT2D eigenvalue weighted by Crippen LogP contribution is 2.33. The van der Waals surface area contributed by atoms with Crippen LogP contribution < -0.4 is 5.43 Å². The van der Waals surface area contributed by atoms with E-state index in [1.54, 1.807) is 24.5 Å². The number of likely N-dealkylation sites (tertiary alicyclic amines) is 1. The first-order valence-electron chi connectivity index (χ1n) is 10.6. The Morgan fingerprint density at radius 1 is 1.06 bits per heavy atom. The van der Waals surface area contributed by atoms with Crippen LogP contribution in [0.4, 0.5) is 4.39 Å². The molecular weight excluding hydrogens is 395 g/mol. The van der Waals surface area contributed by atoms with Gasteiger partial charge in [0.05, 0.1) is 17.7 Å². The van der Waals surface area contributed by atoms with Gasteiger partial charge in [-0.3, -0.25) is 9.69 Å². The van der Waals surface area contributed by atoms with E-state index in [0.29, 0.717) is 28.8 Å². The summed E-state index contributed by atoms with van der Waals surface area (Å²) in [5.41, 5.74) is 2.89. The fourth-order valence-electron chi connectivity index (χ4n) is 4.33. The summed E-state index contributed by atoms with van der Waals surface area (Å²) in [6, 6.07) is 15.5. The predicted octanol–water partition coefficient (Wildman–Crippen LogP) is 5.70. The van der Waals surface area contributed by atoms with Crippen molar-refractivity contribution < 1.29 is 13.3 Å². The normalized spacial score (nSPS) is 17.6. The number of hydrogen-bond donors (Lipinski definition) is 0. The van der Waals surface area contributed by atoms with Gasteiger partial charge in [-0.05, 0) is 55.8 Å². The standard InChI is InChI=1S/C25H23FN2O3/c26-19-11-9-17(10-12-19)24-14-21(27-31-24)22-7-2-1-5-13-28(22)15-18-16-30-23-8-4-3-6-20(23)25(18)29/h3-4,6,8-12,14,16,22H,1-2,5,7,13,15H2/t22-/m0/s1. The van der Waals surface area contributed by atoms with E-state index in [1.807, 2.05) is 24.3 Å². The molecule has 1 atom stereocenters. The predicted molar refractivity (Wildman–Crippen MR) is 116 cm³/mol. The summed E-state index contributed by atoms with van der Waals surface area (Å²) in [6.45, 7) is 1.37. The van der Waals surface area contributed by atoms with Gasteiger partial charge >= 0.3 is 0 Å². The summed E-state index contributed by atoms with van der Waals surface area (Å²) in [5.74, 6) is 0.331. The Labute approximate surface area is 179 Å². The van der Waals surface area contributed by atoms with Crippen LogP contribution in [0.2, 0.25) is 0 Å². The van der Waals surface area contributed by atoms with Crippen molar-refractivity contribution in [3.05, 3.63) is 88.2 Å². The Hall–Kier alpha value is -3.25. The Balaban J connectivity index is 1.44. The maximum absolute atomic E-state index is 13.2. The summed E-state index contributed by atoms with van der Waals surface area (Å²) < 4.78 is 24.5. The first-order chi connectivity index (χ1) is 15.2. The molecule has 2 aromatic heterocycles. The first-order valence-corrected chi connectivity index (χ1v) is 10.6. The molecule has 2 aromatic carbocycles. The molecule has 1 aliphatic rings. The van der Waals surface area contributed by atoms with Gasteiger partial charge in [0.2, 0.25) is 0 Å². The number of hydrogen-bond acceptors (Lipinski definition) is 5. The molecule has 0 bridgehead atoms. The zero-order chi connectivity index (χ0) is 21.2. The van der Waals surface area contributed by atoms with E-state index < -0.39 is 0 Å². The molecular formula is C25H23FN2O3. The van der Waals surface area contributed by atoms with Crippen molar-refractivity contribution in [2.24, 2.45) is 0 Å². The van der Waals surface area contributed by atoms with E-state index in [1.165, 1.54) is 12.1 Å². The molecule has 0 saturated carbocycles. The molecule has 5 nitrogen and oxygen atoms in total. The maximum Gasteiger partial charge on any atom is 0.197 e. The lowest BCUT2D eigenvalue weighted by Gasteiger charge is -2.28. The highest BCUT2D eigenvalue weighted by atomic mass is 19.1. The van der Waals surface area contributed by atoms with Crippen molar-refractivity contribution in [3.8, 4) is 11.3 Å². The number of rotatable bonds is 4. The van der Waals surface area contributed by atoms with E-state index in [-0.39, 0.29) is 17.3 Å². The highest BCUT2D eigenvalue weighted by Gasteiger charge is 2.27. The Kier molecular flexibility index (Phi) is 5.38. The van der Waals surface area contributed by atoms with Crippen LogP contribution in [0.25, 0.3) is 22.3 Å². The Bertz CT molecular complexity index is 1250. The van der Waals surface area contributed by atoms with Crippen LogP contribution in [-0.4, -0.2) is 16.6 Å². The molecule has 0 N–H and O–H groups in total. The molecule has 1 fully saturated rings. The smallest absolute Gasteiger partial charge is 0.197 e. The van der Waals surface area contributed by atoms with Crippen molar-refractivity contribution in [3.63, 3.8) is 0 Å². The van der Waals surface area contributed by atoms with Crippen LogP contribution in [0.15, 0.2) is 74.6 Å². The fourth-order valence-corrected chi connectivity index (χ4v) is 4.33. The first kappa shape index (κ1) is 19.7. The number of fused-ring (bicyclic) bond motifs is 1. The lowest BCUT2D eigenvalue weighted by atomic mass is 10.0. The van der Waals surface area contributed by atoms with E-state index in [2.05, 4.69) is 10.1 Å². The van der Waals surface area contributed by atoms with Gasteiger partial charge in [0.1, 0.15) is 17.1 Å². The summed E-state index contributed by atoms with van der Waals surface area (Å²) in [6.07, 6.45) is 5.82. The van der Waals surface area contributed by atoms with Crippen LogP contribution in [-0.2, 0) is 6.54 Å². The molecule has 0 unspecified atom stereocenters. The van der Waals surface area contributed by atoms with E-state index >= 15 is 0 Å². The minimum atomic E-state index is -0.285. The fraction of sp³-hybridized carbons (Fsp3) is 0.280. The number of benzene rings is 2. The van der Waals surface area contributed by atoms with Gasteiger partial charge in [0.15, 0.2) is 11.2 Å². The van der Waals surface area contributed by atoms with Gasteiger partial charge in [-0.2, -0.15) is 0 Å². The topological polar surface area (TPSA) is 59.5 Å². The van der Waals surface area contributed by atoms with Crippen LogP contribution >= 0.6 is 0 Å². The van der Waals surface area contributed by atoms with E-state index in [0.717, 1.165) is 43.5 Å². The van der Waals surface area contributed by atoms with Gasteiger partial charge in [0, 0.05) is 23.7 Å². The van der Waals surface area contributed by atoms with Gasteiger partial charge in [-0.1, -0.05) is 30.1 Å². The van der Waals surface area contributed by atoms with Crippen molar-refractivity contribution in [1.29, 1.82) is 0 Å². The summed E-state index contributed by atoms with van der Waals surface area (Å²) >= 11 is 0. The molecule has 6 heteroatoms. The second kappa shape index (κ2) is 8.47. The zero-order valence-corrected chi connectivity index (χ0v) is 17.1. The van der Waals surface area contributed by atoms with Crippen LogP contribution in [0.5, 0.6) is 0 Å². The second-order valence-electron chi connectivity index (χ2n) is 8.04. The molecule has 0 radical (unpaired) electrons. The molecule has 158 valence electrons. The van der Waals surface area contributed by atoms with E-state index in [4.69, 9.17) is 8.94 Å². The van der Waals surface area contributed by atoms with Crippen molar-refractivity contribution in [2.45, 2.75) is 38.3 Å². The lowest BCUT2D eigenvalue weighted by molar-refractivity contribution is 0.182. The molecule has 1 saturated heterocycles. The molecule has 31 heavy (non-hydrogen) atoms. The third kappa shape index (κ3) is 4.03. The molecule has 0 aliphatic carbocycles. The summed E-state index contributed by atoms with van der Waals surface area (Å²) in [4.78, 5) is 15.3. The minimum absolute atomic E-state index is 0.0111. The van der Waals surface area contributed by atoms with Crippen molar-refractivity contribution in [2.75, 3.05) is 6.54 Å². The molecule has 5 rings (SSSR count). The molecule has 4 aromatic rings. The highest BCUT2D eigenvalue weighted by molar-refractivity contribution is 5.76. The average molecular weight is 418 g/mol. The van der Waals surface area contributed by atoms with Crippen LogP contribution in [0.3, 0.4) is 0 Å². The second-order valence-corrected chi connectivity index (χ2v) is 8.04. The van der Waals surface area contributed by atoms with Crippen LogP contribution in [0.1, 0.15) is 43.0 Å². The van der Waals surface area contributed by atoms with Gasteiger partial charge < -0.3 is 8.94 Å². The van der Waals surface area contributed by atoms with Gasteiger partial charge in [-0.25, -0.2) is 4.39 Å². The largest absolute Gasteiger partial charge is 0.464 e. The van der Waals surface area contributed by atoms with E-state index in [9.17, 15) is 9.18 Å².